The fourth-order valence-electron chi connectivity index (χ4n) is 3.17. The van der Waals surface area contributed by atoms with E-state index in [0.717, 1.165) is 16.9 Å². The second-order valence-corrected chi connectivity index (χ2v) is 8.70. The lowest BCUT2D eigenvalue weighted by molar-refractivity contribution is -0.274. The number of hydrogen-bond donors (Lipinski definition) is 3. The molecule has 0 saturated carbocycles. The van der Waals surface area contributed by atoms with Crippen LogP contribution in [-0.2, 0) is 7.05 Å². The minimum absolute atomic E-state index is 0.0756. The first-order valence-corrected chi connectivity index (χ1v) is 10.8. The highest BCUT2D eigenvalue weighted by molar-refractivity contribution is 7.22. The number of likely N-dealkylation sites (N-methyl/N-ethyl adjacent to an activating group) is 1. The van der Waals surface area contributed by atoms with Gasteiger partial charge in [0.25, 0.3) is 5.91 Å². The Balaban J connectivity index is 1.53. The van der Waals surface area contributed by atoms with Crippen molar-refractivity contribution in [3.8, 4) is 5.75 Å². The number of aliphatic hydroxyl groups is 1. The molecule has 3 N–H and O–H groups in total. The first-order chi connectivity index (χ1) is 16.0. The van der Waals surface area contributed by atoms with Crippen molar-refractivity contribution >= 4 is 49.6 Å². The minimum atomic E-state index is -4.77. The van der Waals surface area contributed by atoms with Gasteiger partial charge in [-0.2, -0.15) is 0 Å². The van der Waals surface area contributed by atoms with Crippen molar-refractivity contribution in [3.05, 3.63) is 42.0 Å². The van der Waals surface area contributed by atoms with Gasteiger partial charge in [0.05, 0.1) is 27.8 Å². The summed E-state index contributed by atoms with van der Waals surface area (Å²) < 4.78 is 43.7. The number of alkyl halides is 3. The van der Waals surface area contributed by atoms with Crippen LogP contribution in [-0.4, -0.2) is 63.7 Å². The summed E-state index contributed by atoms with van der Waals surface area (Å²) >= 11 is 1.16. The lowest BCUT2D eigenvalue weighted by atomic mass is 10.2. The number of carbonyl (C=O) groups excluding carboxylic acids is 1. The molecule has 4 aromatic rings. The molecule has 0 fully saturated rings. The number of hydrogen-bond acceptors (Lipinski definition) is 8. The zero-order valence-corrected chi connectivity index (χ0v) is 19.2. The van der Waals surface area contributed by atoms with E-state index in [2.05, 4.69) is 25.3 Å². The number of fused-ring (bicyclic) bond motifs is 2. The number of aliphatic hydroxyl groups excluding tert-OH is 1. The van der Waals surface area contributed by atoms with Gasteiger partial charge in [-0.1, -0.05) is 11.3 Å². The molecule has 2 aromatic carbocycles. The Hall–Kier alpha value is -3.42. The summed E-state index contributed by atoms with van der Waals surface area (Å²) in [4.78, 5) is 22.9. The van der Waals surface area contributed by atoms with E-state index in [4.69, 9.17) is 0 Å². The third-order valence-electron chi connectivity index (χ3n) is 5.00. The highest BCUT2D eigenvalue weighted by Crippen LogP contribution is 2.33. The van der Waals surface area contributed by atoms with Crippen molar-refractivity contribution in [2.24, 2.45) is 7.05 Å². The number of nitrogens with zero attached hydrogens (tertiary/aromatic N) is 4. The van der Waals surface area contributed by atoms with E-state index in [1.165, 1.54) is 18.2 Å². The minimum Gasteiger partial charge on any atom is -0.406 e. The second-order valence-electron chi connectivity index (χ2n) is 7.67. The van der Waals surface area contributed by atoms with Crippen LogP contribution in [0.25, 0.3) is 21.3 Å². The van der Waals surface area contributed by atoms with E-state index in [1.807, 2.05) is 0 Å². The number of anilines is 2. The molecule has 4 rings (SSSR count). The molecular formula is C21H21F3N6O3S. The smallest absolute Gasteiger partial charge is 0.406 e. The summed E-state index contributed by atoms with van der Waals surface area (Å²) in [5, 5.41) is 16.0. The molecule has 0 spiro atoms. The maximum Gasteiger partial charge on any atom is 0.573 e. The predicted molar refractivity (Wildman–Crippen MR) is 122 cm³/mol. The number of thiazole rings is 1. The Morgan fingerprint density at radius 1 is 1.21 bits per heavy atom. The summed E-state index contributed by atoms with van der Waals surface area (Å²) in [6.07, 6.45) is -5.57. The zero-order chi connectivity index (χ0) is 24.6. The molecule has 0 aliphatic carbocycles. The highest BCUT2D eigenvalue weighted by atomic mass is 32.1. The fourth-order valence-corrected chi connectivity index (χ4v) is 4.06. The Bertz CT molecular complexity index is 1350. The van der Waals surface area contributed by atoms with Crippen LogP contribution in [0, 0.1) is 0 Å². The summed E-state index contributed by atoms with van der Waals surface area (Å²) in [6.45, 7) is 0.0756. The Kier molecular flexibility index (Phi) is 6.34. The Morgan fingerprint density at radius 3 is 2.68 bits per heavy atom. The van der Waals surface area contributed by atoms with Gasteiger partial charge in [0, 0.05) is 18.7 Å². The molecule has 0 bridgehead atoms. The quantitative estimate of drug-likeness (QED) is 0.338. The number of rotatable bonds is 7. The van der Waals surface area contributed by atoms with Gasteiger partial charge in [0.2, 0.25) is 5.95 Å². The summed E-state index contributed by atoms with van der Waals surface area (Å²) in [6, 6.07) is 8.98. The van der Waals surface area contributed by atoms with Gasteiger partial charge in [-0.15, -0.1) is 13.2 Å². The monoisotopic (exact) mass is 494 g/mol. The standard InChI is InChI=1S/C21H21F3N6O3S/c1-29(2)17(31)10-25-18(32)11-4-7-15-14(8-11)26-19(30(15)3)28-20-27-13-6-5-12(9-16(13)34-20)33-21(22,23)24/h4-9,17,31H,10H2,1-3H3,(H,25,32)(H,26,27,28). The number of aromatic nitrogens is 3. The van der Waals surface area contributed by atoms with E-state index in [1.54, 1.807) is 48.8 Å². The number of halogens is 3. The lowest BCUT2D eigenvalue weighted by Crippen LogP contribution is -2.40. The molecule has 0 aliphatic rings. The molecule has 34 heavy (non-hydrogen) atoms. The predicted octanol–water partition coefficient (Wildman–Crippen LogP) is 3.44. The molecule has 2 aromatic heterocycles. The second kappa shape index (κ2) is 9.08. The van der Waals surface area contributed by atoms with Gasteiger partial charge in [-0.05, 0) is 44.4 Å². The molecule has 1 unspecified atom stereocenters. The van der Waals surface area contributed by atoms with Crippen LogP contribution in [0.2, 0.25) is 0 Å². The Labute approximate surface area is 195 Å². The average Bonchev–Trinajstić information content (AvgIpc) is 3.30. The van der Waals surface area contributed by atoms with Crippen molar-refractivity contribution in [2.75, 3.05) is 26.0 Å². The molecule has 1 amide bonds. The average molecular weight is 494 g/mol. The summed E-state index contributed by atoms with van der Waals surface area (Å²) in [5.41, 5.74) is 2.22. The number of amides is 1. The van der Waals surface area contributed by atoms with Crippen LogP contribution in [0.5, 0.6) is 5.75 Å². The largest absolute Gasteiger partial charge is 0.573 e. The topological polar surface area (TPSA) is 105 Å². The number of nitrogens with one attached hydrogen (secondary N) is 2. The van der Waals surface area contributed by atoms with Gasteiger partial charge in [-0.25, -0.2) is 9.97 Å². The van der Waals surface area contributed by atoms with Crippen LogP contribution in [0.4, 0.5) is 24.3 Å². The molecule has 0 saturated heterocycles. The molecule has 1 atom stereocenters. The van der Waals surface area contributed by atoms with Crippen LogP contribution < -0.4 is 15.4 Å². The lowest BCUT2D eigenvalue weighted by Gasteiger charge is -2.18. The number of aryl methyl sites for hydroxylation is 1. The third-order valence-corrected chi connectivity index (χ3v) is 5.93. The Morgan fingerprint density at radius 2 is 1.97 bits per heavy atom. The summed E-state index contributed by atoms with van der Waals surface area (Å²) in [7, 11) is 5.19. The number of carbonyl (C=O) groups is 1. The first-order valence-electron chi connectivity index (χ1n) is 10.0. The molecule has 9 nitrogen and oxygen atoms in total. The van der Waals surface area contributed by atoms with E-state index in [-0.39, 0.29) is 18.2 Å². The van der Waals surface area contributed by atoms with Crippen LogP contribution in [0.3, 0.4) is 0 Å². The van der Waals surface area contributed by atoms with E-state index in [0.29, 0.717) is 32.4 Å². The van der Waals surface area contributed by atoms with Crippen LogP contribution in [0.1, 0.15) is 10.4 Å². The maximum atomic E-state index is 12.5. The van der Waals surface area contributed by atoms with Crippen LogP contribution in [0.15, 0.2) is 36.4 Å². The normalized spacial score (nSPS) is 12.9. The number of benzene rings is 2. The van der Waals surface area contributed by atoms with Crippen molar-refractivity contribution in [2.45, 2.75) is 12.6 Å². The van der Waals surface area contributed by atoms with E-state index < -0.39 is 12.6 Å². The molecule has 2 heterocycles. The van der Waals surface area contributed by atoms with Crippen molar-refractivity contribution in [1.82, 2.24) is 24.8 Å². The van der Waals surface area contributed by atoms with E-state index in [9.17, 15) is 23.1 Å². The van der Waals surface area contributed by atoms with Gasteiger partial charge >= 0.3 is 6.36 Å². The fraction of sp³-hybridized carbons (Fsp3) is 0.286. The van der Waals surface area contributed by atoms with Crippen molar-refractivity contribution < 1.29 is 27.8 Å². The van der Waals surface area contributed by atoms with Gasteiger partial charge in [0.1, 0.15) is 12.0 Å². The SMILES string of the molecule is CN(C)C(O)CNC(=O)c1ccc2c(c1)nc(Nc1nc3ccc(OC(F)(F)F)cc3s1)n2C. The van der Waals surface area contributed by atoms with Crippen molar-refractivity contribution in [3.63, 3.8) is 0 Å². The van der Waals surface area contributed by atoms with Gasteiger partial charge < -0.3 is 25.0 Å². The van der Waals surface area contributed by atoms with Crippen LogP contribution >= 0.6 is 11.3 Å². The van der Waals surface area contributed by atoms with Crippen molar-refractivity contribution in [1.29, 1.82) is 0 Å². The molecule has 0 radical (unpaired) electrons. The number of ether oxygens (including phenoxy) is 1. The van der Waals surface area contributed by atoms with Gasteiger partial charge in [0.15, 0.2) is 5.13 Å². The third kappa shape index (κ3) is 5.21. The molecule has 13 heteroatoms. The highest BCUT2D eigenvalue weighted by Gasteiger charge is 2.31. The summed E-state index contributed by atoms with van der Waals surface area (Å²) in [5.74, 6) is -0.214. The zero-order valence-electron chi connectivity index (χ0n) is 18.3. The molecule has 0 aliphatic heterocycles. The van der Waals surface area contributed by atoms with E-state index >= 15 is 0 Å². The number of imidazole rings is 1. The molecule has 180 valence electrons. The molecular weight excluding hydrogens is 473 g/mol. The first kappa shape index (κ1) is 23.7. The van der Waals surface area contributed by atoms with Gasteiger partial charge in [-0.3, -0.25) is 9.69 Å². The maximum absolute atomic E-state index is 12.5.